The molecule has 1 heterocycles. The maximum atomic E-state index is 12.1. The first-order valence-electron chi connectivity index (χ1n) is 9.16. The number of rotatable bonds is 10. The van der Waals surface area contributed by atoms with Gasteiger partial charge in [-0.3, -0.25) is 19.4 Å². The molecule has 0 saturated heterocycles. The number of carboxylic acid groups (broad SMARTS) is 2. The molecule has 8 N–H and O–H groups in total. The molecule has 0 saturated carbocycles. The number of nitrogens with two attached hydrogens (primary N) is 2. The highest BCUT2D eigenvalue weighted by molar-refractivity contribution is 5.97. The Bertz CT molecular complexity index is 986. The normalized spacial score (nSPS) is 11.6. The lowest BCUT2D eigenvalue weighted by Crippen LogP contribution is -2.42. The van der Waals surface area contributed by atoms with Gasteiger partial charge >= 0.3 is 11.9 Å². The van der Waals surface area contributed by atoms with Crippen LogP contribution in [0.15, 0.2) is 29.1 Å². The maximum absolute atomic E-state index is 12.1. The highest BCUT2D eigenvalue weighted by Crippen LogP contribution is 2.12. The van der Waals surface area contributed by atoms with Crippen LogP contribution >= 0.6 is 0 Å². The summed E-state index contributed by atoms with van der Waals surface area (Å²) in [5.41, 5.74) is 12.4. The summed E-state index contributed by atoms with van der Waals surface area (Å²) in [4.78, 5) is 52.0. The first kappa shape index (κ1) is 22.4. The number of aromatic amines is 1. The molecular formula is C19H23N5O6. The summed E-state index contributed by atoms with van der Waals surface area (Å²) in [7, 11) is 0. The Morgan fingerprint density at radius 2 is 1.70 bits per heavy atom. The zero-order valence-electron chi connectivity index (χ0n) is 16.1. The molecule has 160 valence electrons. The second kappa shape index (κ2) is 10.0. The largest absolute Gasteiger partial charge is 0.481 e. The molecule has 0 aliphatic heterocycles. The minimum Gasteiger partial charge on any atom is -0.481 e. The fourth-order valence-corrected chi connectivity index (χ4v) is 2.84. The van der Waals surface area contributed by atoms with E-state index in [0.29, 0.717) is 24.8 Å². The lowest BCUT2D eigenvalue weighted by molar-refractivity contribution is -0.145. The molecule has 1 aromatic carbocycles. The molecule has 11 nitrogen and oxygen atoms in total. The third kappa shape index (κ3) is 6.33. The van der Waals surface area contributed by atoms with Gasteiger partial charge in [0.25, 0.3) is 11.5 Å². The van der Waals surface area contributed by atoms with Gasteiger partial charge < -0.3 is 27.0 Å². The molecule has 0 fully saturated rings. The van der Waals surface area contributed by atoms with Crippen molar-refractivity contribution in [2.24, 2.45) is 0 Å². The van der Waals surface area contributed by atoms with Gasteiger partial charge in [-0.05, 0) is 43.4 Å². The van der Waals surface area contributed by atoms with Gasteiger partial charge in [0.2, 0.25) is 5.95 Å². The summed E-state index contributed by atoms with van der Waals surface area (Å²) in [5, 5.41) is 19.9. The van der Waals surface area contributed by atoms with E-state index >= 15 is 0 Å². The molecule has 0 aliphatic rings. The molecule has 0 spiro atoms. The number of unbranched alkanes of at least 4 members (excludes halogenated alkanes) is 1. The summed E-state index contributed by atoms with van der Waals surface area (Å²) in [6.45, 7) is 0. The second-order valence-electron chi connectivity index (χ2n) is 6.68. The summed E-state index contributed by atoms with van der Waals surface area (Å²) >= 11 is 0. The molecule has 0 radical (unpaired) electrons. The molecule has 11 heteroatoms. The number of amides is 1. The summed E-state index contributed by atoms with van der Waals surface area (Å²) in [6, 6.07) is 5.03. The molecule has 1 aromatic heterocycles. The predicted octanol–water partition coefficient (Wildman–Crippen LogP) is 0.157. The third-order valence-corrected chi connectivity index (χ3v) is 4.41. The number of H-pyrrole nitrogens is 1. The molecule has 30 heavy (non-hydrogen) atoms. The number of nitrogens with one attached hydrogen (secondary N) is 2. The Kier molecular flexibility index (Phi) is 7.50. The van der Waals surface area contributed by atoms with E-state index < -0.39 is 30.3 Å². The quantitative estimate of drug-likeness (QED) is 0.291. The van der Waals surface area contributed by atoms with Crippen molar-refractivity contribution in [2.75, 3.05) is 11.5 Å². The van der Waals surface area contributed by atoms with E-state index in [1.165, 1.54) is 12.1 Å². The average Bonchev–Trinajstić information content (AvgIpc) is 2.66. The summed E-state index contributed by atoms with van der Waals surface area (Å²) in [5.74, 6) is -3.31. The van der Waals surface area contributed by atoms with Crippen molar-refractivity contribution in [1.82, 2.24) is 15.3 Å². The Labute approximate surface area is 171 Å². The first-order valence-corrected chi connectivity index (χ1v) is 9.16. The van der Waals surface area contributed by atoms with Crippen LogP contribution in [-0.4, -0.2) is 44.1 Å². The number of nitrogen functional groups attached to an aromatic ring is 2. The minimum atomic E-state index is -1.51. The number of aryl methyl sites for hydroxylation is 1. The number of carbonyl (C=O) groups excluding carboxylic acids is 1. The van der Waals surface area contributed by atoms with Crippen molar-refractivity contribution in [3.63, 3.8) is 0 Å². The summed E-state index contributed by atoms with van der Waals surface area (Å²) < 4.78 is 0. The Morgan fingerprint density at radius 3 is 2.27 bits per heavy atom. The van der Waals surface area contributed by atoms with Crippen LogP contribution in [0.1, 0.15) is 40.7 Å². The van der Waals surface area contributed by atoms with Crippen LogP contribution in [0.3, 0.4) is 0 Å². The third-order valence-electron chi connectivity index (χ3n) is 4.41. The number of aliphatic carboxylic acids is 2. The fourth-order valence-electron chi connectivity index (χ4n) is 2.84. The van der Waals surface area contributed by atoms with Gasteiger partial charge in [-0.25, -0.2) is 4.79 Å². The van der Waals surface area contributed by atoms with Gasteiger partial charge in [0.05, 0.1) is 12.0 Å². The number of hydrogen-bond acceptors (Lipinski definition) is 7. The number of anilines is 2. The van der Waals surface area contributed by atoms with Gasteiger partial charge in [0.15, 0.2) is 0 Å². The van der Waals surface area contributed by atoms with Crippen LogP contribution < -0.4 is 22.3 Å². The number of carboxylic acids is 2. The first-order chi connectivity index (χ1) is 14.2. The van der Waals surface area contributed by atoms with Crippen LogP contribution in [0.5, 0.6) is 0 Å². The van der Waals surface area contributed by atoms with Crippen LogP contribution in [0.4, 0.5) is 11.8 Å². The van der Waals surface area contributed by atoms with Crippen molar-refractivity contribution >= 4 is 29.6 Å². The van der Waals surface area contributed by atoms with Crippen molar-refractivity contribution in [3.8, 4) is 0 Å². The monoisotopic (exact) mass is 417 g/mol. The zero-order chi connectivity index (χ0) is 22.3. The van der Waals surface area contributed by atoms with Gasteiger partial charge in [-0.2, -0.15) is 4.98 Å². The van der Waals surface area contributed by atoms with Crippen LogP contribution in [0, 0.1) is 0 Å². The smallest absolute Gasteiger partial charge is 0.326 e. The number of hydrogen-bond donors (Lipinski definition) is 6. The summed E-state index contributed by atoms with van der Waals surface area (Å²) in [6.07, 6.45) is 1.88. The van der Waals surface area contributed by atoms with Gasteiger partial charge in [-0.1, -0.05) is 12.1 Å². The zero-order valence-corrected chi connectivity index (χ0v) is 16.1. The Hall–Kier alpha value is -3.89. The van der Waals surface area contributed by atoms with E-state index in [9.17, 15) is 19.2 Å². The Morgan fingerprint density at radius 1 is 1.07 bits per heavy atom. The molecule has 2 rings (SSSR count). The van der Waals surface area contributed by atoms with E-state index in [2.05, 4.69) is 15.3 Å². The molecule has 1 atom stereocenters. The molecule has 0 unspecified atom stereocenters. The standard InChI is InChI=1S/C19H23N5O6/c20-15-12(17(28)24-19(21)23-15)4-2-1-3-10-5-7-11(8-6-10)16(27)22-13(18(29)30)9-14(25)26/h5-8,13H,1-4,9H2,(H,22,27)(H,25,26)(H,29,30)(H5,20,21,23,24,28)/t13-/m0/s1. The van der Waals surface area contributed by atoms with E-state index in [1.54, 1.807) is 12.1 Å². The van der Waals surface area contributed by atoms with Gasteiger partial charge in [0.1, 0.15) is 11.9 Å². The molecule has 2 aromatic rings. The topological polar surface area (TPSA) is 201 Å². The highest BCUT2D eigenvalue weighted by atomic mass is 16.4. The number of nitrogens with zero attached hydrogens (tertiary/aromatic N) is 1. The SMILES string of the molecule is Nc1nc(N)c(CCCCc2ccc(C(=O)N[C@@H](CC(=O)O)C(=O)O)cc2)c(=O)[nH]1. The van der Waals surface area contributed by atoms with Crippen molar-refractivity contribution in [1.29, 1.82) is 0 Å². The number of aromatic nitrogens is 2. The van der Waals surface area contributed by atoms with E-state index in [-0.39, 0.29) is 22.9 Å². The Balaban J connectivity index is 1.87. The number of benzene rings is 1. The molecule has 1 amide bonds. The molecular weight excluding hydrogens is 394 g/mol. The highest BCUT2D eigenvalue weighted by Gasteiger charge is 2.23. The van der Waals surface area contributed by atoms with Gasteiger partial charge in [0, 0.05) is 5.56 Å². The van der Waals surface area contributed by atoms with Gasteiger partial charge in [-0.15, -0.1) is 0 Å². The van der Waals surface area contributed by atoms with E-state index in [4.69, 9.17) is 21.7 Å². The maximum Gasteiger partial charge on any atom is 0.326 e. The lowest BCUT2D eigenvalue weighted by atomic mass is 10.0. The van der Waals surface area contributed by atoms with Crippen LogP contribution in [0.25, 0.3) is 0 Å². The van der Waals surface area contributed by atoms with Crippen LogP contribution in [-0.2, 0) is 22.4 Å². The van der Waals surface area contributed by atoms with Crippen LogP contribution in [0.2, 0.25) is 0 Å². The fraction of sp³-hybridized carbons (Fsp3) is 0.316. The minimum absolute atomic E-state index is 0.0250. The lowest BCUT2D eigenvalue weighted by Gasteiger charge is -2.12. The van der Waals surface area contributed by atoms with Crippen molar-refractivity contribution in [2.45, 2.75) is 38.1 Å². The van der Waals surface area contributed by atoms with Crippen molar-refractivity contribution in [3.05, 3.63) is 51.3 Å². The average molecular weight is 417 g/mol. The van der Waals surface area contributed by atoms with E-state index in [1.807, 2.05) is 0 Å². The van der Waals surface area contributed by atoms with Crippen molar-refractivity contribution < 1.29 is 24.6 Å². The van der Waals surface area contributed by atoms with E-state index in [0.717, 1.165) is 12.0 Å². The second-order valence-corrected chi connectivity index (χ2v) is 6.68. The number of carbonyl (C=O) groups is 3. The predicted molar refractivity (Wildman–Crippen MR) is 108 cm³/mol. The molecule has 0 bridgehead atoms. The molecule has 0 aliphatic carbocycles.